The zero-order valence-electron chi connectivity index (χ0n) is 18.9. The van der Waals surface area contributed by atoms with Gasteiger partial charge < -0.3 is 14.5 Å². The Morgan fingerprint density at radius 1 is 1.12 bits per heavy atom. The Kier molecular flexibility index (Phi) is 7.45. The monoisotopic (exact) mass is 493 g/mol. The quantitative estimate of drug-likeness (QED) is 0.219. The number of unbranched alkanes of at least 4 members (excludes halogenated alkanes) is 1. The van der Waals surface area contributed by atoms with Gasteiger partial charge in [-0.15, -0.1) is 0 Å². The van der Waals surface area contributed by atoms with Gasteiger partial charge in [-0.2, -0.15) is 0 Å². The fourth-order valence-corrected chi connectivity index (χ4v) is 3.64. The highest BCUT2D eigenvalue weighted by molar-refractivity contribution is 7.80. The molecule has 0 unspecified atom stereocenters. The number of nitrogens with zero attached hydrogens (tertiary/aromatic N) is 1. The number of benzene rings is 3. The maximum atomic E-state index is 12.6. The van der Waals surface area contributed by atoms with E-state index in [4.69, 9.17) is 33.0 Å². The second-order valence-electron chi connectivity index (χ2n) is 7.82. The summed E-state index contributed by atoms with van der Waals surface area (Å²) < 4.78 is 11.5. The van der Waals surface area contributed by atoms with Gasteiger partial charge in [-0.3, -0.25) is 10.1 Å². The van der Waals surface area contributed by atoms with Crippen molar-refractivity contribution in [1.29, 1.82) is 0 Å². The van der Waals surface area contributed by atoms with Gasteiger partial charge in [-0.25, -0.2) is 4.98 Å². The number of fused-ring (bicyclic) bond motifs is 1. The predicted octanol–water partition coefficient (Wildman–Crippen LogP) is 6.76. The number of carbonyl (C=O) groups is 1. The van der Waals surface area contributed by atoms with Crippen LogP contribution >= 0.6 is 23.8 Å². The normalized spacial score (nSPS) is 10.8. The SMILES string of the molecule is CCCCOc1ccc(C(=O)NC(=S)Nc2cc(-c3nc4ccc(C)cc4o3)ccc2Cl)cc1. The van der Waals surface area contributed by atoms with Gasteiger partial charge >= 0.3 is 0 Å². The second kappa shape index (κ2) is 10.7. The summed E-state index contributed by atoms with van der Waals surface area (Å²) in [6, 6.07) is 18.1. The molecule has 1 amide bonds. The van der Waals surface area contributed by atoms with Crippen molar-refractivity contribution in [2.75, 3.05) is 11.9 Å². The number of oxazole rings is 1. The molecule has 8 heteroatoms. The molecule has 4 rings (SSSR count). The lowest BCUT2D eigenvalue weighted by Gasteiger charge is -2.12. The van der Waals surface area contributed by atoms with Gasteiger partial charge in [-0.05, 0) is 85.7 Å². The lowest BCUT2D eigenvalue weighted by Crippen LogP contribution is -2.34. The van der Waals surface area contributed by atoms with Crippen LogP contribution in [0.25, 0.3) is 22.6 Å². The first kappa shape index (κ1) is 23.7. The summed E-state index contributed by atoms with van der Waals surface area (Å²) in [6.45, 7) is 4.75. The molecule has 0 saturated carbocycles. The van der Waals surface area contributed by atoms with Gasteiger partial charge in [0.15, 0.2) is 10.7 Å². The number of nitrogens with one attached hydrogen (secondary N) is 2. The molecular weight excluding hydrogens is 470 g/mol. The number of carbonyl (C=O) groups excluding carboxylic acids is 1. The summed E-state index contributed by atoms with van der Waals surface area (Å²) in [6.07, 6.45) is 2.05. The minimum atomic E-state index is -0.334. The van der Waals surface area contributed by atoms with E-state index in [1.165, 1.54) is 0 Å². The molecule has 1 heterocycles. The van der Waals surface area contributed by atoms with Gasteiger partial charge in [0.25, 0.3) is 5.91 Å². The van der Waals surface area contributed by atoms with E-state index in [-0.39, 0.29) is 11.0 Å². The Balaban J connectivity index is 1.42. The van der Waals surface area contributed by atoms with Crippen molar-refractivity contribution in [3.63, 3.8) is 0 Å². The largest absolute Gasteiger partial charge is 0.494 e. The Morgan fingerprint density at radius 3 is 2.68 bits per heavy atom. The molecule has 0 aliphatic heterocycles. The molecule has 34 heavy (non-hydrogen) atoms. The number of halogens is 1. The van der Waals surface area contributed by atoms with Crippen LogP contribution in [0.3, 0.4) is 0 Å². The molecule has 1 aromatic heterocycles. The second-order valence-corrected chi connectivity index (χ2v) is 8.63. The van der Waals surface area contributed by atoms with Gasteiger partial charge in [-0.1, -0.05) is 31.0 Å². The molecule has 0 aliphatic carbocycles. The molecule has 0 radical (unpaired) electrons. The molecule has 4 aromatic rings. The highest BCUT2D eigenvalue weighted by atomic mass is 35.5. The molecule has 174 valence electrons. The first-order chi connectivity index (χ1) is 16.4. The number of amides is 1. The zero-order valence-corrected chi connectivity index (χ0v) is 20.4. The minimum Gasteiger partial charge on any atom is -0.494 e. The number of thiocarbonyl (C=S) groups is 1. The van der Waals surface area contributed by atoms with E-state index < -0.39 is 0 Å². The van der Waals surface area contributed by atoms with Crippen molar-refractivity contribution in [3.8, 4) is 17.2 Å². The van der Waals surface area contributed by atoms with E-state index in [0.717, 1.165) is 35.2 Å². The molecule has 0 fully saturated rings. The third-order valence-corrected chi connectivity index (χ3v) is 5.65. The molecule has 0 bridgehead atoms. The van der Waals surface area contributed by atoms with Crippen molar-refractivity contribution >= 4 is 51.6 Å². The van der Waals surface area contributed by atoms with Crippen LogP contribution < -0.4 is 15.4 Å². The average molecular weight is 494 g/mol. The highest BCUT2D eigenvalue weighted by Crippen LogP contribution is 2.30. The van der Waals surface area contributed by atoms with Crippen LogP contribution in [-0.4, -0.2) is 22.6 Å². The van der Waals surface area contributed by atoms with Crippen molar-refractivity contribution in [1.82, 2.24) is 10.3 Å². The van der Waals surface area contributed by atoms with Crippen LogP contribution in [0, 0.1) is 6.92 Å². The Labute approximate surface area is 208 Å². The number of rotatable bonds is 7. The van der Waals surface area contributed by atoms with Gasteiger partial charge in [0.05, 0.1) is 17.3 Å². The van der Waals surface area contributed by atoms with E-state index in [1.807, 2.05) is 31.2 Å². The summed E-state index contributed by atoms with van der Waals surface area (Å²) >= 11 is 11.7. The lowest BCUT2D eigenvalue weighted by molar-refractivity contribution is 0.0977. The number of anilines is 1. The van der Waals surface area contributed by atoms with Gasteiger partial charge in [0.1, 0.15) is 11.3 Å². The van der Waals surface area contributed by atoms with Crippen LogP contribution in [0.4, 0.5) is 5.69 Å². The summed E-state index contributed by atoms with van der Waals surface area (Å²) in [5.74, 6) is 0.861. The van der Waals surface area contributed by atoms with Crippen molar-refractivity contribution in [3.05, 3.63) is 76.8 Å². The highest BCUT2D eigenvalue weighted by Gasteiger charge is 2.13. The maximum Gasteiger partial charge on any atom is 0.257 e. The molecule has 2 N–H and O–H groups in total. The Hall–Kier alpha value is -3.42. The fraction of sp³-hybridized carbons (Fsp3) is 0.192. The molecular formula is C26H24ClN3O3S. The molecule has 0 saturated heterocycles. The van der Waals surface area contributed by atoms with Crippen molar-refractivity contribution in [2.45, 2.75) is 26.7 Å². The van der Waals surface area contributed by atoms with Gasteiger partial charge in [0.2, 0.25) is 5.89 Å². The molecule has 0 spiro atoms. The summed E-state index contributed by atoms with van der Waals surface area (Å²) in [4.78, 5) is 17.1. The van der Waals surface area contributed by atoms with Crippen molar-refractivity contribution in [2.24, 2.45) is 0 Å². The van der Waals surface area contributed by atoms with E-state index >= 15 is 0 Å². The Bertz CT molecular complexity index is 1340. The zero-order chi connectivity index (χ0) is 24.1. The topological polar surface area (TPSA) is 76.4 Å². The molecule has 3 aromatic carbocycles. The number of hydrogen-bond donors (Lipinski definition) is 2. The number of aromatic nitrogens is 1. The van der Waals surface area contributed by atoms with Crippen LogP contribution in [0.5, 0.6) is 5.75 Å². The molecule has 6 nitrogen and oxygen atoms in total. The van der Waals surface area contributed by atoms with Gasteiger partial charge in [0, 0.05) is 11.1 Å². The first-order valence-electron chi connectivity index (χ1n) is 11.0. The van der Waals surface area contributed by atoms with Crippen LogP contribution in [-0.2, 0) is 0 Å². The standard InChI is InChI=1S/C26H24ClN3O3S/c1-3-4-13-32-19-9-6-17(7-10-19)24(31)30-26(34)29-22-15-18(8-11-20(22)27)25-28-21-12-5-16(2)14-23(21)33-25/h5-12,14-15H,3-4,13H2,1-2H3,(H2,29,30,31,34). The predicted molar refractivity (Wildman–Crippen MR) is 140 cm³/mol. The van der Waals surface area contributed by atoms with E-state index in [0.29, 0.717) is 34.4 Å². The maximum absolute atomic E-state index is 12.6. The van der Waals surface area contributed by atoms with Crippen LogP contribution in [0.15, 0.2) is 65.1 Å². The van der Waals surface area contributed by atoms with Crippen molar-refractivity contribution < 1.29 is 13.9 Å². The summed E-state index contributed by atoms with van der Waals surface area (Å²) in [5, 5.41) is 6.23. The molecule has 0 atom stereocenters. The smallest absolute Gasteiger partial charge is 0.257 e. The molecule has 0 aliphatic rings. The average Bonchev–Trinajstić information content (AvgIpc) is 3.24. The van der Waals surface area contributed by atoms with Crippen LogP contribution in [0.2, 0.25) is 5.02 Å². The summed E-state index contributed by atoms with van der Waals surface area (Å²) in [7, 11) is 0. The van der Waals surface area contributed by atoms with Crippen LogP contribution in [0.1, 0.15) is 35.7 Å². The summed E-state index contributed by atoms with van der Waals surface area (Å²) in [5.41, 5.74) is 4.30. The first-order valence-corrected chi connectivity index (χ1v) is 11.7. The third-order valence-electron chi connectivity index (χ3n) is 5.12. The number of ether oxygens (including phenoxy) is 1. The number of aryl methyl sites for hydroxylation is 1. The van der Waals surface area contributed by atoms with E-state index in [9.17, 15) is 4.79 Å². The minimum absolute atomic E-state index is 0.125. The lowest BCUT2D eigenvalue weighted by atomic mass is 10.2. The number of hydrogen-bond acceptors (Lipinski definition) is 5. The fourth-order valence-electron chi connectivity index (χ4n) is 3.28. The van der Waals surface area contributed by atoms with E-state index in [1.54, 1.807) is 36.4 Å². The Morgan fingerprint density at radius 2 is 1.91 bits per heavy atom. The van der Waals surface area contributed by atoms with E-state index in [2.05, 4.69) is 22.5 Å². The third kappa shape index (κ3) is 5.73.